The number of hydrogen-bond donors (Lipinski definition) is 1. The van der Waals surface area contributed by atoms with Crippen molar-refractivity contribution in [3.8, 4) is 5.75 Å². The highest BCUT2D eigenvalue weighted by Crippen LogP contribution is 2.26. The van der Waals surface area contributed by atoms with Crippen LogP contribution in [0.15, 0.2) is 47.4 Å². The third-order valence-electron chi connectivity index (χ3n) is 2.96. The van der Waals surface area contributed by atoms with Gasteiger partial charge >= 0.3 is 0 Å². The van der Waals surface area contributed by atoms with E-state index in [0.29, 0.717) is 28.6 Å². The molecule has 0 bridgehead atoms. The van der Waals surface area contributed by atoms with Gasteiger partial charge in [0.2, 0.25) is 0 Å². The molecule has 0 saturated carbocycles. The van der Waals surface area contributed by atoms with E-state index < -0.39 is 10.0 Å². The van der Waals surface area contributed by atoms with E-state index in [1.54, 1.807) is 37.3 Å². The van der Waals surface area contributed by atoms with Crippen molar-refractivity contribution < 1.29 is 13.2 Å². The van der Waals surface area contributed by atoms with Crippen LogP contribution in [0.1, 0.15) is 12.5 Å². The molecule has 0 radical (unpaired) electrons. The van der Waals surface area contributed by atoms with Crippen LogP contribution in [0.4, 0.5) is 5.69 Å². The Labute approximate surface area is 129 Å². The molecule has 0 aliphatic carbocycles. The Kier molecular flexibility index (Phi) is 4.75. The Morgan fingerprint density at radius 1 is 1.14 bits per heavy atom. The highest BCUT2D eigenvalue weighted by Gasteiger charge is 2.15. The first-order valence-electron chi connectivity index (χ1n) is 6.45. The van der Waals surface area contributed by atoms with Gasteiger partial charge in [-0.05, 0) is 55.8 Å². The van der Waals surface area contributed by atoms with E-state index in [2.05, 4.69) is 4.72 Å². The molecule has 0 amide bonds. The van der Waals surface area contributed by atoms with Crippen molar-refractivity contribution >= 4 is 27.3 Å². The molecule has 0 atom stereocenters. The minimum absolute atomic E-state index is 0.172. The van der Waals surface area contributed by atoms with Gasteiger partial charge in [0, 0.05) is 5.02 Å². The minimum atomic E-state index is -3.65. The van der Waals surface area contributed by atoms with Gasteiger partial charge in [-0.25, -0.2) is 8.42 Å². The van der Waals surface area contributed by atoms with E-state index in [1.807, 2.05) is 6.92 Å². The maximum atomic E-state index is 12.3. The van der Waals surface area contributed by atoms with E-state index >= 15 is 0 Å². The molecule has 2 rings (SSSR count). The molecular formula is C15H16ClNO3S. The van der Waals surface area contributed by atoms with Crippen molar-refractivity contribution in [1.29, 1.82) is 0 Å². The van der Waals surface area contributed by atoms with Crippen LogP contribution in [0.3, 0.4) is 0 Å². The quantitative estimate of drug-likeness (QED) is 0.908. The van der Waals surface area contributed by atoms with Crippen molar-refractivity contribution in [3.05, 3.63) is 53.1 Å². The molecule has 0 spiro atoms. The van der Waals surface area contributed by atoms with Crippen LogP contribution >= 0.6 is 11.6 Å². The van der Waals surface area contributed by atoms with E-state index in [0.717, 1.165) is 0 Å². The lowest BCUT2D eigenvalue weighted by molar-refractivity contribution is 0.340. The molecule has 1 N–H and O–H groups in total. The largest absolute Gasteiger partial charge is 0.494 e. The molecule has 0 heterocycles. The van der Waals surface area contributed by atoms with Crippen LogP contribution in [0.2, 0.25) is 5.02 Å². The van der Waals surface area contributed by atoms with Gasteiger partial charge in [-0.15, -0.1) is 0 Å². The summed E-state index contributed by atoms with van der Waals surface area (Å²) in [6.07, 6.45) is 0. The average Bonchev–Trinajstić information content (AvgIpc) is 2.45. The second-order valence-electron chi connectivity index (χ2n) is 4.42. The number of sulfonamides is 1. The Bertz CT molecular complexity index is 727. The normalized spacial score (nSPS) is 11.2. The second kappa shape index (κ2) is 6.37. The van der Waals surface area contributed by atoms with Gasteiger partial charge in [-0.2, -0.15) is 0 Å². The SMILES string of the molecule is CCOc1ccc(S(=O)(=O)Nc2cccc(Cl)c2C)cc1. The average molecular weight is 326 g/mol. The van der Waals surface area contributed by atoms with Gasteiger partial charge in [0.25, 0.3) is 10.0 Å². The molecule has 0 saturated heterocycles. The fourth-order valence-corrected chi connectivity index (χ4v) is 3.10. The predicted octanol–water partition coefficient (Wildman–Crippen LogP) is 3.85. The van der Waals surface area contributed by atoms with Crippen LogP contribution in [0.25, 0.3) is 0 Å². The summed E-state index contributed by atoms with van der Waals surface area (Å²) in [5.74, 6) is 0.635. The number of hydrogen-bond acceptors (Lipinski definition) is 3. The van der Waals surface area contributed by atoms with Crippen LogP contribution in [0.5, 0.6) is 5.75 Å². The first kappa shape index (κ1) is 15.7. The van der Waals surface area contributed by atoms with Crippen molar-refractivity contribution in [3.63, 3.8) is 0 Å². The molecule has 2 aromatic carbocycles. The van der Waals surface area contributed by atoms with Crippen molar-refractivity contribution in [1.82, 2.24) is 0 Å². The Balaban J connectivity index is 2.27. The molecular weight excluding hydrogens is 310 g/mol. The summed E-state index contributed by atoms with van der Waals surface area (Å²) in [4.78, 5) is 0.172. The lowest BCUT2D eigenvalue weighted by Crippen LogP contribution is -2.13. The van der Waals surface area contributed by atoms with Crippen molar-refractivity contribution in [2.45, 2.75) is 18.7 Å². The third-order valence-corrected chi connectivity index (χ3v) is 4.75. The molecule has 6 heteroatoms. The lowest BCUT2D eigenvalue weighted by atomic mass is 10.2. The van der Waals surface area contributed by atoms with E-state index in [4.69, 9.17) is 16.3 Å². The zero-order valence-electron chi connectivity index (χ0n) is 11.8. The smallest absolute Gasteiger partial charge is 0.261 e. The van der Waals surface area contributed by atoms with Gasteiger partial charge in [-0.3, -0.25) is 4.72 Å². The Hall–Kier alpha value is -1.72. The molecule has 21 heavy (non-hydrogen) atoms. The van der Waals surface area contributed by atoms with Gasteiger partial charge in [0.15, 0.2) is 0 Å². The van der Waals surface area contributed by atoms with E-state index in [9.17, 15) is 8.42 Å². The van der Waals surface area contributed by atoms with Gasteiger partial charge in [0.1, 0.15) is 5.75 Å². The van der Waals surface area contributed by atoms with E-state index in [-0.39, 0.29) is 4.90 Å². The topological polar surface area (TPSA) is 55.4 Å². The number of halogens is 1. The van der Waals surface area contributed by atoms with Gasteiger partial charge < -0.3 is 4.74 Å². The highest BCUT2D eigenvalue weighted by atomic mass is 35.5. The highest BCUT2D eigenvalue weighted by molar-refractivity contribution is 7.92. The Morgan fingerprint density at radius 2 is 1.81 bits per heavy atom. The van der Waals surface area contributed by atoms with Gasteiger partial charge in [-0.1, -0.05) is 17.7 Å². The van der Waals surface area contributed by atoms with Crippen LogP contribution in [-0.4, -0.2) is 15.0 Å². The second-order valence-corrected chi connectivity index (χ2v) is 6.51. The maximum absolute atomic E-state index is 12.3. The third kappa shape index (κ3) is 3.68. The summed E-state index contributed by atoms with van der Waals surface area (Å²) >= 11 is 5.99. The molecule has 2 aromatic rings. The molecule has 4 nitrogen and oxygen atoms in total. The standard InChI is InChI=1S/C15H16ClNO3S/c1-3-20-12-7-9-13(10-8-12)21(18,19)17-15-6-4-5-14(16)11(15)2/h4-10,17H,3H2,1-2H3. The van der Waals surface area contributed by atoms with Crippen LogP contribution in [0, 0.1) is 6.92 Å². The van der Waals surface area contributed by atoms with E-state index in [1.165, 1.54) is 12.1 Å². The summed E-state index contributed by atoms with van der Waals surface area (Å²) in [5.41, 5.74) is 1.16. The molecule has 0 aliphatic heterocycles. The van der Waals surface area contributed by atoms with Crippen molar-refractivity contribution in [2.24, 2.45) is 0 Å². The van der Waals surface area contributed by atoms with Crippen LogP contribution < -0.4 is 9.46 Å². The summed E-state index contributed by atoms with van der Waals surface area (Å²) in [6, 6.07) is 11.4. The monoisotopic (exact) mass is 325 g/mol. The zero-order valence-corrected chi connectivity index (χ0v) is 13.3. The first-order chi connectivity index (χ1) is 9.94. The summed E-state index contributed by atoms with van der Waals surface area (Å²) in [5, 5.41) is 0.516. The molecule has 0 aliphatic rings. The number of ether oxygens (including phenoxy) is 1. The Morgan fingerprint density at radius 3 is 2.43 bits per heavy atom. The van der Waals surface area contributed by atoms with Crippen molar-refractivity contribution in [2.75, 3.05) is 11.3 Å². The summed E-state index contributed by atoms with van der Waals surface area (Å²) in [6.45, 7) is 4.17. The fraction of sp³-hybridized carbons (Fsp3) is 0.200. The summed E-state index contributed by atoms with van der Waals surface area (Å²) < 4.78 is 32.5. The first-order valence-corrected chi connectivity index (χ1v) is 8.31. The number of anilines is 1. The molecule has 0 unspecified atom stereocenters. The fourth-order valence-electron chi connectivity index (χ4n) is 1.80. The number of nitrogens with one attached hydrogen (secondary N) is 1. The van der Waals surface area contributed by atoms with Gasteiger partial charge in [0.05, 0.1) is 17.2 Å². The minimum Gasteiger partial charge on any atom is -0.494 e. The number of rotatable bonds is 5. The summed E-state index contributed by atoms with van der Waals surface area (Å²) in [7, 11) is -3.65. The lowest BCUT2D eigenvalue weighted by Gasteiger charge is -2.12. The molecule has 0 fully saturated rings. The van der Waals surface area contributed by atoms with Crippen LogP contribution in [-0.2, 0) is 10.0 Å². The predicted molar refractivity (Wildman–Crippen MR) is 84.6 cm³/mol. The molecule has 112 valence electrons. The number of benzene rings is 2. The zero-order chi connectivity index (χ0) is 15.5. The maximum Gasteiger partial charge on any atom is 0.261 e. The molecule has 0 aromatic heterocycles.